The lowest BCUT2D eigenvalue weighted by atomic mass is 10.1. The van der Waals surface area contributed by atoms with E-state index in [9.17, 15) is 5.11 Å². The van der Waals surface area contributed by atoms with E-state index in [1.165, 1.54) is 0 Å². The minimum Gasteiger partial charge on any atom is -0.393 e. The third-order valence-corrected chi connectivity index (χ3v) is 3.22. The van der Waals surface area contributed by atoms with Crippen LogP contribution in [0.5, 0.6) is 0 Å². The molecule has 1 aromatic carbocycles. The fourth-order valence-corrected chi connectivity index (χ4v) is 2.18. The third-order valence-electron chi connectivity index (χ3n) is 3.22. The summed E-state index contributed by atoms with van der Waals surface area (Å²) >= 11 is 0. The van der Waals surface area contributed by atoms with Crippen molar-refractivity contribution in [3.05, 3.63) is 30.5 Å². The zero-order chi connectivity index (χ0) is 11.7. The van der Waals surface area contributed by atoms with Crippen LogP contribution in [0.2, 0.25) is 0 Å². The van der Waals surface area contributed by atoms with E-state index < -0.39 is 0 Å². The van der Waals surface area contributed by atoms with E-state index in [1.807, 2.05) is 30.5 Å². The van der Waals surface area contributed by atoms with Crippen molar-refractivity contribution in [2.45, 2.75) is 18.9 Å². The first-order chi connectivity index (χ1) is 8.33. The molecule has 4 heteroatoms. The van der Waals surface area contributed by atoms with Crippen LogP contribution in [0.3, 0.4) is 0 Å². The first-order valence-electron chi connectivity index (χ1n) is 5.98. The normalized spacial score (nSPS) is 17.6. The molecule has 0 saturated carbocycles. The highest BCUT2D eigenvalue weighted by atomic mass is 16.3. The van der Waals surface area contributed by atoms with Gasteiger partial charge in [0.05, 0.1) is 11.6 Å². The lowest BCUT2D eigenvalue weighted by molar-refractivity contribution is 0.145. The Morgan fingerprint density at radius 3 is 2.76 bits per heavy atom. The highest BCUT2D eigenvalue weighted by Gasteiger charge is 2.18. The molecule has 0 unspecified atom stereocenters. The Morgan fingerprint density at radius 2 is 1.94 bits per heavy atom. The minimum absolute atomic E-state index is 0.160. The Balaban J connectivity index is 1.90. The Hall–Kier alpha value is -1.68. The maximum Gasteiger partial charge on any atom is 0.225 e. The van der Waals surface area contributed by atoms with E-state index in [-0.39, 0.29) is 6.10 Å². The lowest BCUT2D eigenvalue weighted by Gasteiger charge is -2.29. The van der Waals surface area contributed by atoms with Gasteiger partial charge in [-0.3, -0.25) is 0 Å². The molecule has 2 heterocycles. The van der Waals surface area contributed by atoms with Crippen LogP contribution in [-0.2, 0) is 0 Å². The van der Waals surface area contributed by atoms with Crippen molar-refractivity contribution in [3.63, 3.8) is 0 Å². The average Bonchev–Trinajstić information content (AvgIpc) is 2.39. The fourth-order valence-electron chi connectivity index (χ4n) is 2.18. The third kappa shape index (κ3) is 2.08. The molecule has 1 aliphatic rings. The van der Waals surface area contributed by atoms with Crippen LogP contribution in [0.15, 0.2) is 30.5 Å². The topological polar surface area (TPSA) is 49.2 Å². The molecule has 17 heavy (non-hydrogen) atoms. The molecule has 1 aromatic heterocycles. The summed E-state index contributed by atoms with van der Waals surface area (Å²) in [4.78, 5) is 11.1. The monoisotopic (exact) mass is 229 g/mol. The largest absolute Gasteiger partial charge is 0.393 e. The molecule has 0 radical (unpaired) electrons. The number of aliphatic hydroxyl groups excluding tert-OH is 1. The molecule has 0 atom stereocenters. The number of hydrogen-bond acceptors (Lipinski definition) is 4. The van der Waals surface area contributed by atoms with Crippen molar-refractivity contribution < 1.29 is 5.11 Å². The number of aliphatic hydroxyl groups is 1. The lowest BCUT2D eigenvalue weighted by Crippen LogP contribution is -2.36. The maximum absolute atomic E-state index is 9.48. The second-order valence-corrected chi connectivity index (χ2v) is 4.45. The molecule has 0 spiro atoms. The van der Waals surface area contributed by atoms with Gasteiger partial charge in [-0.15, -0.1) is 0 Å². The van der Waals surface area contributed by atoms with Gasteiger partial charge in [-0.2, -0.15) is 0 Å². The quantitative estimate of drug-likeness (QED) is 0.806. The van der Waals surface area contributed by atoms with Gasteiger partial charge in [0.2, 0.25) is 5.95 Å². The number of para-hydroxylation sites is 1. The molecule has 0 amide bonds. The first kappa shape index (κ1) is 10.5. The Morgan fingerprint density at radius 1 is 1.18 bits per heavy atom. The van der Waals surface area contributed by atoms with Crippen LogP contribution in [0, 0.1) is 0 Å². The van der Waals surface area contributed by atoms with E-state index >= 15 is 0 Å². The van der Waals surface area contributed by atoms with E-state index in [0.717, 1.165) is 42.8 Å². The zero-order valence-corrected chi connectivity index (χ0v) is 9.58. The van der Waals surface area contributed by atoms with Gasteiger partial charge in [0, 0.05) is 24.7 Å². The standard InChI is InChI=1S/C13H15N3O/c17-11-5-7-16(8-6-11)13-14-9-10-3-1-2-4-12(10)15-13/h1-4,9,11,17H,5-8H2. The van der Waals surface area contributed by atoms with Gasteiger partial charge in [-0.05, 0) is 18.9 Å². The molecule has 2 aromatic rings. The summed E-state index contributed by atoms with van der Waals surface area (Å²) in [7, 11) is 0. The molecule has 1 N–H and O–H groups in total. The SMILES string of the molecule is OC1CCN(c2ncc3ccccc3n2)CC1. The predicted molar refractivity (Wildman–Crippen MR) is 67.0 cm³/mol. The Bertz CT molecular complexity index is 521. The second-order valence-electron chi connectivity index (χ2n) is 4.45. The van der Waals surface area contributed by atoms with E-state index in [2.05, 4.69) is 14.9 Å². The average molecular weight is 229 g/mol. The van der Waals surface area contributed by atoms with E-state index in [1.54, 1.807) is 0 Å². The van der Waals surface area contributed by atoms with Gasteiger partial charge in [-0.1, -0.05) is 18.2 Å². The molecular formula is C13H15N3O. The van der Waals surface area contributed by atoms with Crippen LogP contribution < -0.4 is 4.90 Å². The van der Waals surface area contributed by atoms with Crippen LogP contribution >= 0.6 is 0 Å². The van der Waals surface area contributed by atoms with Crippen molar-refractivity contribution >= 4 is 16.9 Å². The van der Waals surface area contributed by atoms with Crippen molar-refractivity contribution in [1.29, 1.82) is 0 Å². The molecule has 1 saturated heterocycles. The van der Waals surface area contributed by atoms with Crippen LogP contribution in [-0.4, -0.2) is 34.3 Å². The summed E-state index contributed by atoms with van der Waals surface area (Å²) in [6, 6.07) is 7.99. The van der Waals surface area contributed by atoms with Gasteiger partial charge in [0.1, 0.15) is 0 Å². The summed E-state index contributed by atoms with van der Waals surface area (Å²) in [5.41, 5.74) is 0.976. The molecule has 4 nitrogen and oxygen atoms in total. The van der Waals surface area contributed by atoms with Gasteiger partial charge in [0.15, 0.2) is 0 Å². The van der Waals surface area contributed by atoms with Crippen molar-refractivity contribution in [1.82, 2.24) is 9.97 Å². The molecule has 0 bridgehead atoms. The van der Waals surface area contributed by atoms with Gasteiger partial charge in [-0.25, -0.2) is 9.97 Å². The van der Waals surface area contributed by atoms with Crippen molar-refractivity contribution in [3.8, 4) is 0 Å². The van der Waals surface area contributed by atoms with Gasteiger partial charge < -0.3 is 10.0 Å². The fraction of sp³-hybridized carbons (Fsp3) is 0.385. The number of anilines is 1. The van der Waals surface area contributed by atoms with E-state index in [4.69, 9.17) is 0 Å². The molecule has 88 valence electrons. The molecule has 1 fully saturated rings. The van der Waals surface area contributed by atoms with Gasteiger partial charge in [0.25, 0.3) is 0 Å². The number of rotatable bonds is 1. The van der Waals surface area contributed by atoms with Crippen LogP contribution in [0.4, 0.5) is 5.95 Å². The van der Waals surface area contributed by atoms with E-state index in [0.29, 0.717) is 0 Å². The van der Waals surface area contributed by atoms with Crippen molar-refractivity contribution in [2.75, 3.05) is 18.0 Å². The summed E-state index contributed by atoms with van der Waals surface area (Å²) in [6.07, 6.45) is 3.31. The minimum atomic E-state index is -0.160. The first-order valence-corrected chi connectivity index (χ1v) is 5.98. The number of benzene rings is 1. The summed E-state index contributed by atoms with van der Waals surface area (Å²) in [5.74, 6) is 0.774. The molecule has 1 aliphatic heterocycles. The number of piperidine rings is 1. The predicted octanol–water partition coefficient (Wildman–Crippen LogP) is 1.59. The number of aromatic nitrogens is 2. The Kier molecular flexibility index (Phi) is 2.65. The Labute approximate surface area is 99.9 Å². The van der Waals surface area contributed by atoms with Crippen LogP contribution in [0.25, 0.3) is 10.9 Å². The second kappa shape index (κ2) is 4.30. The molecule has 3 rings (SSSR count). The highest BCUT2D eigenvalue weighted by molar-refractivity contribution is 5.78. The summed E-state index contributed by atoms with van der Waals surface area (Å²) in [5, 5.41) is 10.5. The number of fused-ring (bicyclic) bond motifs is 1. The summed E-state index contributed by atoms with van der Waals surface area (Å²) < 4.78 is 0. The highest BCUT2D eigenvalue weighted by Crippen LogP contribution is 2.18. The smallest absolute Gasteiger partial charge is 0.225 e. The molecule has 0 aliphatic carbocycles. The van der Waals surface area contributed by atoms with Crippen molar-refractivity contribution in [2.24, 2.45) is 0 Å². The zero-order valence-electron chi connectivity index (χ0n) is 9.58. The van der Waals surface area contributed by atoms with Gasteiger partial charge >= 0.3 is 0 Å². The summed E-state index contributed by atoms with van der Waals surface area (Å²) in [6.45, 7) is 1.67. The molecular weight excluding hydrogens is 214 g/mol. The number of hydrogen-bond donors (Lipinski definition) is 1. The number of nitrogens with zero attached hydrogens (tertiary/aromatic N) is 3. The van der Waals surface area contributed by atoms with Crippen LogP contribution in [0.1, 0.15) is 12.8 Å². The maximum atomic E-state index is 9.48.